The maximum absolute atomic E-state index is 12.1. The summed E-state index contributed by atoms with van der Waals surface area (Å²) < 4.78 is 34.5. The molecule has 0 atom stereocenters. The highest BCUT2D eigenvalue weighted by atomic mass is 32.2. The van der Waals surface area contributed by atoms with Crippen molar-refractivity contribution in [1.82, 2.24) is 9.62 Å². The van der Waals surface area contributed by atoms with Crippen LogP contribution in [0.3, 0.4) is 0 Å². The van der Waals surface area contributed by atoms with Gasteiger partial charge >= 0.3 is 5.97 Å². The minimum absolute atomic E-state index is 0.243. The van der Waals surface area contributed by atoms with E-state index in [-0.39, 0.29) is 19.6 Å². The number of anilines is 1. The van der Waals surface area contributed by atoms with Crippen molar-refractivity contribution in [3.05, 3.63) is 23.8 Å². The fourth-order valence-corrected chi connectivity index (χ4v) is 3.90. The van der Waals surface area contributed by atoms with Crippen LogP contribution < -0.4 is 15.4 Å². The van der Waals surface area contributed by atoms with Crippen LogP contribution in [0.1, 0.15) is 18.4 Å². The standard InChI is InChI=1S/C19H27N3O7S/c1-13-4-5-16(28-2)15(10-13)21-17(23)11-20-18(24)12-29-19(25)14-6-8-22(9-7-14)30(3,26)27/h4-5,10,14H,6-9,11-12H2,1-3H3,(H,20,24)(H,21,23). The first-order chi connectivity index (χ1) is 14.1. The average Bonchev–Trinajstić information content (AvgIpc) is 2.70. The van der Waals surface area contributed by atoms with Gasteiger partial charge in [-0.25, -0.2) is 12.7 Å². The van der Waals surface area contributed by atoms with E-state index in [4.69, 9.17) is 9.47 Å². The first kappa shape index (κ1) is 23.6. The highest BCUT2D eigenvalue weighted by Crippen LogP contribution is 2.25. The molecule has 0 aromatic heterocycles. The van der Waals surface area contributed by atoms with Crippen molar-refractivity contribution >= 4 is 33.5 Å². The van der Waals surface area contributed by atoms with Crippen molar-refractivity contribution in [2.45, 2.75) is 19.8 Å². The van der Waals surface area contributed by atoms with Crippen LogP contribution in [0.15, 0.2) is 18.2 Å². The van der Waals surface area contributed by atoms with Crippen LogP contribution in [0.5, 0.6) is 5.75 Å². The number of sulfonamides is 1. The number of carbonyl (C=O) groups is 3. The van der Waals surface area contributed by atoms with Crippen molar-refractivity contribution in [3.8, 4) is 5.75 Å². The number of nitrogens with one attached hydrogen (secondary N) is 2. The van der Waals surface area contributed by atoms with Gasteiger partial charge in [-0.1, -0.05) is 6.07 Å². The Morgan fingerprint density at radius 2 is 1.83 bits per heavy atom. The van der Waals surface area contributed by atoms with E-state index in [0.29, 0.717) is 24.3 Å². The summed E-state index contributed by atoms with van der Waals surface area (Å²) in [5.74, 6) is -1.56. The van der Waals surface area contributed by atoms with E-state index in [9.17, 15) is 22.8 Å². The van der Waals surface area contributed by atoms with E-state index in [2.05, 4.69) is 10.6 Å². The summed E-state index contributed by atoms with van der Waals surface area (Å²) in [4.78, 5) is 36.0. The lowest BCUT2D eigenvalue weighted by molar-refractivity contribution is -0.153. The SMILES string of the molecule is COc1ccc(C)cc1NC(=O)CNC(=O)COC(=O)C1CCN(S(C)(=O)=O)CC1. The minimum atomic E-state index is -3.27. The van der Waals surface area contributed by atoms with Gasteiger partial charge in [0.05, 0.1) is 31.5 Å². The van der Waals surface area contributed by atoms with E-state index >= 15 is 0 Å². The number of carbonyl (C=O) groups excluding carboxylic acids is 3. The summed E-state index contributed by atoms with van der Waals surface area (Å²) >= 11 is 0. The third-order valence-electron chi connectivity index (χ3n) is 4.68. The molecule has 30 heavy (non-hydrogen) atoms. The number of hydrogen-bond acceptors (Lipinski definition) is 7. The van der Waals surface area contributed by atoms with Crippen molar-refractivity contribution in [1.29, 1.82) is 0 Å². The molecule has 1 aromatic rings. The lowest BCUT2D eigenvalue weighted by atomic mass is 9.98. The molecule has 10 nitrogen and oxygen atoms in total. The van der Waals surface area contributed by atoms with Crippen molar-refractivity contribution < 1.29 is 32.3 Å². The number of amides is 2. The van der Waals surface area contributed by atoms with Crippen molar-refractivity contribution in [2.75, 3.05) is 44.9 Å². The largest absolute Gasteiger partial charge is 0.495 e. The van der Waals surface area contributed by atoms with Gasteiger partial charge in [0.15, 0.2) is 6.61 Å². The number of hydrogen-bond donors (Lipinski definition) is 2. The van der Waals surface area contributed by atoms with Gasteiger partial charge in [-0.2, -0.15) is 0 Å². The van der Waals surface area contributed by atoms with Gasteiger partial charge in [0, 0.05) is 13.1 Å². The summed E-state index contributed by atoms with van der Waals surface area (Å²) in [6.07, 6.45) is 1.81. The van der Waals surface area contributed by atoms with Gasteiger partial charge in [-0.15, -0.1) is 0 Å². The molecule has 2 rings (SSSR count). The van der Waals surface area contributed by atoms with Gasteiger partial charge < -0.3 is 20.1 Å². The third-order valence-corrected chi connectivity index (χ3v) is 5.98. The summed E-state index contributed by atoms with van der Waals surface area (Å²) in [7, 11) is -1.79. The summed E-state index contributed by atoms with van der Waals surface area (Å²) in [6, 6.07) is 5.31. The predicted molar refractivity (Wildman–Crippen MR) is 109 cm³/mol. The van der Waals surface area contributed by atoms with E-state index in [1.807, 2.05) is 13.0 Å². The smallest absolute Gasteiger partial charge is 0.309 e. The molecule has 1 aromatic carbocycles. The number of ether oxygens (including phenoxy) is 2. The first-order valence-corrected chi connectivity index (χ1v) is 11.3. The minimum Gasteiger partial charge on any atom is -0.495 e. The zero-order valence-electron chi connectivity index (χ0n) is 17.3. The number of esters is 1. The molecule has 0 radical (unpaired) electrons. The molecule has 0 bridgehead atoms. The predicted octanol–water partition coefficient (Wildman–Crippen LogP) is 0.273. The van der Waals surface area contributed by atoms with Gasteiger partial charge in [0.25, 0.3) is 5.91 Å². The van der Waals surface area contributed by atoms with Crippen LogP contribution in [-0.2, 0) is 29.1 Å². The van der Waals surface area contributed by atoms with Gasteiger partial charge in [-0.3, -0.25) is 14.4 Å². The lowest BCUT2D eigenvalue weighted by Crippen LogP contribution is -2.41. The molecule has 1 saturated heterocycles. The molecule has 0 saturated carbocycles. The van der Waals surface area contributed by atoms with Gasteiger partial charge in [-0.05, 0) is 37.5 Å². The Kier molecular flexibility index (Phi) is 8.18. The number of aryl methyl sites for hydroxylation is 1. The quantitative estimate of drug-likeness (QED) is 0.554. The Hall–Kier alpha value is -2.66. The molecule has 0 unspecified atom stereocenters. The molecular weight excluding hydrogens is 414 g/mol. The lowest BCUT2D eigenvalue weighted by Gasteiger charge is -2.28. The second-order valence-electron chi connectivity index (χ2n) is 7.07. The van der Waals surface area contributed by atoms with Crippen LogP contribution in [0.2, 0.25) is 0 Å². The molecule has 1 fully saturated rings. The summed E-state index contributed by atoms with van der Waals surface area (Å²) in [5, 5.41) is 5.03. The van der Waals surface area contributed by atoms with E-state index < -0.39 is 40.3 Å². The van der Waals surface area contributed by atoms with Crippen molar-refractivity contribution in [3.63, 3.8) is 0 Å². The Morgan fingerprint density at radius 1 is 1.17 bits per heavy atom. The Balaban J connectivity index is 1.72. The number of piperidine rings is 1. The van der Waals surface area contributed by atoms with E-state index in [0.717, 1.165) is 11.8 Å². The maximum atomic E-state index is 12.1. The number of rotatable bonds is 8. The Bertz CT molecular complexity index is 893. The normalized spacial score (nSPS) is 15.3. The zero-order valence-corrected chi connectivity index (χ0v) is 18.1. The molecule has 1 aliphatic heterocycles. The van der Waals surface area contributed by atoms with Crippen LogP contribution in [0.25, 0.3) is 0 Å². The molecule has 11 heteroatoms. The summed E-state index contributed by atoms with van der Waals surface area (Å²) in [6.45, 7) is 1.56. The molecule has 0 aliphatic carbocycles. The molecule has 1 heterocycles. The van der Waals surface area contributed by atoms with E-state index in [1.54, 1.807) is 12.1 Å². The fraction of sp³-hybridized carbons (Fsp3) is 0.526. The number of nitrogens with zero attached hydrogens (tertiary/aromatic N) is 1. The van der Waals surface area contributed by atoms with Crippen LogP contribution in [0, 0.1) is 12.8 Å². The average molecular weight is 442 g/mol. The summed E-state index contributed by atoms with van der Waals surface area (Å²) in [5.41, 5.74) is 1.42. The van der Waals surface area contributed by atoms with Crippen LogP contribution in [-0.4, -0.2) is 70.1 Å². The molecule has 2 amide bonds. The zero-order chi connectivity index (χ0) is 22.3. The number of benzene rings is 1. The molecule has 0 spiro atoms. The second kappa shape index (κ2) is 10.4. The van der Waals surface area contributed by atoms with E-state index in [1.165, 1.54) is 11.4 Å². The molecule has 2 N–H and O–H groups in total. The molecule has 166 valence electrons. The van der Waals surface area contributed by atoms with Gasteiger partial charge in [0.2, 0.25) is 15.9 Å². The topological polar surface area (TPSA) is 131 Å². The Morgan fingerprint density at radius 3 is 2.43 bits per heavy atom. The third kappa shape index (κ3) is 6.99. The van der Waals surface area contributed by atoms with Crippen LogP contribution in [0.4, 0.5) is 5.69 Å². The molecule has 1 aliphatic rings. The first-order valence-electron chi connectivity index (χ1n) is 9.43. The highest BCUT2D eigenvalue weighted by Gasteiger charge is 2.30. The monoisotopic (exact) mass is 441 g/mol. The van der Waals surface area contributed by atoms with Crippen molar-refractivity contribution in [2.24, 2.45) is 5.92 Å². The maximum Gasteiger partial charge on any atom is 0.309 e. The number of methoxy groups -OCH3 is 1. The second-order valence-corrected chi connectivity index (χ2v) is 9.06. The Labute approximate surface area is 176 Å². The fourth-order valence-electron chi connectivity index (χ4n) is 3.02. The highest BCUT2D eigenvalue weighted by molar-refractivity contribution is 7.88. The van der Waals surface area contributed by atoms with Crippen LogP contribution >= 0.6 is 0 Å². The van der Waals surface area contributed by atoms with Gasteiger partial charge in [0.1, 0.15) is 5.75 Å². The molecular formula is C19H27N3O7S.